The Balaban J connectivity index is 1.55. The number of methoxy groups -OCH3 is 1. The maximum Gasteiger partial charge on any atom is 0.255 e. The number of carbonyl (C=O) groups excluding carboxylic acids is 1. The number of hydrogen-bond donors (Lipinski definition) is 2. The molecule has 1 amide bonds. The molecule has 1 atom stereocenters. The third-order valence-electron chi connectivity index (χ3n) is 6.79. The van der Waals surface area contributed by atoms with E-state index in [1.165, 1.54) is 0 Å². The van der Waals surface area contributed by atoms with Crippen molar-refractivity contribution in [2.24, 2.45) is 0 Å². The third kappa shape index (κ3) is 7.08. The van der Waals surface area contributed by atoms with Crippen LogP contribution in [0.4, 0.5) is 11.6 Å². The number of thioether (sulfide) groups is 1. The Hall–Kier alpha value is -3.48. The molecule has 2 heterocycles. The summed E-state index contributed by atoms with van der Waals surface area (Å²) in [5.74, 6) is 2.82. The first kappa shape index (κ1) is 31.9. The first-order chi connectivity index (χ1) is 21.3. The van der Waals surface area contributed by atoms with Gasteiger partial charge in [0.15, 0.2) is 11.5 Å². The molecule has 44 heavy (non-hydrogen) atoms. The van der Waals surface area contributed by atoms with E-state index in [1.54, 1.807) is 23.6 Å². The van der Waals surface area contributed by atoms with Gasteiger partial charge < -0.3 is 24.8 Å². The summed E-state index contributed by atoms with van der Waals surface area (Å²) in [6.45, 7) is 6.71. The van der Waals surface area contributed by atoms with Crippen molar-refractivity contribution in [3.05, 3.63) is 92.0 Å². The lowest BCUT2D eigenvalue weighted by atomic mass is 9.94. The molecular weight excluding hydrogens is 710 g/mol. The van der Waals surface area contributed by atoms with Crippen molar-refractivity contribution < 1.29 is 19.0 Å². The summed E-state index contributed by atoms with van der Waals surface area (Å²) in [4.78, 5) is 18.8. The number of halogens is 2. The molecular formula is C32H33Br2N5O4S. The topological polar surface area (TPSA) is 99.5 Å². The standard InChI is InChI=1S/C32H33Br2N5O4S/c1-5-14-44-32-37-31-35-19(3)27(30(40)36-24-12-7-8-13-25(24)42-6-2)28(39(31)38-32)21-16-23(34)29(26(17-21)41-4)43-18-20-10-9-11-22(33)15-20/h7-13,15-17,28H,5-6,14,18H2,1-4H3,(H,36,40)(H,35,37,38). The molecule has 12 heteroatoms. The molecule has 230 valence electrons. The Labute approximate surface area is 278 Å². The highest BCUT2D eigenvalue weighted by atomic mass is 79.9. The molecule has 1 unspecified atom stereocenters. The summed E-state index contributed by atoms with van der Waals surface area (Å²) in [6.07, 6.45) is 0.987. The molecule has 0 radical (unpaired) electrons. The lowest BCUT2D eigenvalue weighted by Gasteiger charge is -2.29. The van der Waals surface area contributed by atoms with Gasteiger partial charge in [-0.25, -0.2) is 4.68 Å². The largest absolute Gasteiger partial charge is 0.493 e. The van der Waals surface area contributed by atoms with E-state index in [0.29, 0.717) is 63.0 Å². The van der Waals surface area contributed by atoms with Crippen molar-refractivity contribution >= 4 is 61.2 Å². The van der Waals surface area contributed by atoms with Crippen molar-refractivity contribution in [2.45, 2.75) is 45.0 Å². The summed E-state index contributed by atoms with van der Waals surface area (Å²) in [5, 5.41) is 11.8. The molecule has 0 spiro atoms. The summed E-state index contributed by atoms with van der Waals surface area (Å²) < 4.78 is 21.2. The minimum absolute atomic E-state index is 0.291. The van der Waals surface area contributed by atoms with E-state index in [9.17, 15) is 4.79 Å². The lowest BCUT2D eigenvalue weighted by Crippen LogP contribution is -2.31. The predicted molar refractivity (Wildman–Crippen MR) is 181 cm³/mol. The van der Waals surface area contributed by atoms with Gasteiger partial charge in [0.2, 0.25) is 11.1 Å². The van der Waals surface area contributed by atoms with E-state index in [-0.39, 0.29) is 5.91 Å². The average Bonchev–Trinajstić information content (AvgIpc) is 3.41. The van der Waals surface area contributed by atoms with Crippen LogP contribution < -0.4 is 24.8 Å². The number of para-hydroxylation sites is 2. The van der Waals surface area contributed by atoms with Gasteiger partial charge in [-0.2, -0.15) is 4.98 Å². The number of rotatable bonds is 12. The zero-order valence-corrected chi connectivity index (χ0v) is 28.8. The first-order valence-electron chi connectivity index (χ1n) is 14.2. The van der Waals surface area contributed by atoms with E-state index in [0.717, 1.165) is 27.8 Å². The Morgan fingerprint density at radius 2 is 1.89 bits per heavy atom. The number of fused-ring (bicyclic) bond motifs is 1. The van der Waals surface area contributed by atoms with Crippen LogP contribution in [0.5, 0.6) is 17.2 Å². The van der Waals surface area contributed by atoms with E-state index in [1.807, 2.05) is 74.5 Å². The van der Waals surface area contributed by atoms with Crippen LogP contribution in [0.2, 0.25) is 0 Å². The molecule has 3 aromatic carbocycles. The second-order valence-electron chi connectivity index (χ2n) is 9.91. The van der Waals surface area contributed by atoms with Crippen LogP contribution in [0.15, 0.2) is 86.0 Å². The van der Waals surface area contributed by atoms with Crippen LogP contribution in [0.1, 0.15) is 44.4 Å². The minimum Gasteiger partial charge on any atom is -0.493 e. The predicted octanol–water partition coefficient (Wildman–Crippen LogP) is 8.22. The monoisotopic (exact) mass is 741 g/mol. The highest BCUT2D eigenvalue weighted by molar-refractivity contribution is 9.10. The summed E-state index contributed by atoms with van der Waals surface area (Å²) in [5.41, 5.74) is 3.50. The van der Waals surface area contributed by atoms with Crippen molar-refractivity contribution in [3.63, 3.8) is 0 Å². The fraction of sp³-hybridized carbons (Fsp3) is 0.281. The van der Waals surface area contributed by atoms with Crippen LogP contribution in [-0.4, -0.2) is 40.1 Å². The van der Waals surface area contributed by atoms with E-state index < -0.39 is 6.04 Å². The molecule has 0 aliphatic carbocycles. The average molecular weight is 744 g/mol. The first-order valence-corrected chi connectivity index (χ1v) is 16.7. The van der Waals surface area contributed by atoms with Gasteiger partial charge in [0.05, 0.1) is 29.4 Å². The second kappa shape index (κ2) is 14.5. The van der Waals surface area contributed by atoms with Crippen molar-refractivity contribution in [2.75, 3.05) is 30.1 Å². The summed E-state index contributed by atoms with van der Waals surface area (Å²) in [6, 6.07) is 18.5. The number of nitrogens with zero attached hydrogens (tertiary/aromatic N) is 3. The molecule has 1 aliphatic heterocycles. The number of amides is 1. The third-order valence-corrected chi connectivity index (χ3v) is 8.91. The smallest absolute Gasteiger partial charge is 0.255 e. The van der Waals surface area contributed by atoms with Crippen LogP contribution in [0.25, 0.3) is 0 Å². The number of benzene rings is 3. The van der Waals surface area contributed by atoms with Gasteiger partial charge in [0.25, 0.3) is 5.91 Å². The quantitative estimate of drug-likeness (QED) is 0.140. The van der Waals surface area contributed by atoms with Gasteiger partial charge in [-0.3, -0.25) is 4.79 Å². The SMILES string of the molecule is CCCSc1nc2n(n1)C(c1cc(Br)c(OCc3cccc(Br)c3)c(OC)c1)C(C(=O)Nc1ccccc1OCC)=C(C)N2. The van der Waals surface area contributed by atoms with E-state index >= 15 is 0 Å². The van der Waals surface area contributed by atoms with Crippen molar-refractivity contribution in [1.29, 1.82) is 0 Å². The van der Waals surface area contributed by atoms with Gasteiger partial charge in [-0.05, 0) is 83.7 Å². The number of carbonyl (C=O) groups is 1. The molecule has 1 aromatic heterocycles. The molecule has 0 saturated heterocycles. The maximum absolute atomic E-state index is 14.1. The molecule has 4 aromatic rings. The minimum atomic E-state index is -0.613. The fourth-order valence-electron chi connectivity index (χ4n) is 4.85. The van der Waals surface area contributed by atoms with Gasteiger partial charge in [0.1, 0.15) is 18.4 Å². The zero-order chi connectivity index (χ0) is 31.2. The number of hydrogen-bond acceptors (Lipinski definition) is 8. The number of anilines is 2. The van der Waals surface area contributed by atoms with Gasteiger partial charge in [0, 0.05) is 15.9 Å². The van der Waals surface area contributed by atoms with Crippen LogP contribution in [0, 0.1) is 0 Å². The summed E-state index contributed by atoms with van der Waals surface area (Å²) in [7, 11) is 1.60. The molecule has 1 aliphatic rings. The Kier molecular flexibility index (Phi) is 10.5. The molecule has 0 bridgehead atoms. The second-order valence-corrected chi connectivity index (χ2v) is 12.7. The summed E-state index contributed by atoms with van der Waals surface area (Å²) >= 11 is 8.80. The lowest BCUT2D eigenvalue weighted by molar-refractivity contribution is -0.113. The van der Waals surface area contributed by atoms with Gasteiger partial charge >= 0.3 is 0 Å². The number of nitrogens with one attached hydrogen (secondary N) is 2. The fourth-order valence-corrected chi connectivity index (χ4v) is 6.55. The number of ether oxygens (including phenoxy) is 3. The molecule has 2 N–H and O–H groups in total. The van der Waals surface area contributed by atoms with Gasteiger partial charge in [-0.1, -0.05) is 58.9 Å². The number of allylic oxidation sites excluding steroid dienone is 1. The molecule has 5 rings (SSSR count). The van der Waals surface area contributed by atoms with Crippen molar-refractivity contribution in [3.8, 4) is 17.2 Å². The highest BCUT2D eigenvalue weighted by Crippen LogP contribution is 2.44. The number of aromatic nitrogens is 3. The van der Waals surface area contributed by atoms with Crippen LogP contribution >= 0.6 is 43.6 Å². The van der Waals surface area contributed by atoms with Crippen LogP contribution in [0.3, 0.4) is 0 Å². The van der Waals surface area contributed by atoms with E-state index in [4.69, 9.17) is 24.3 Å². The Bertz CT molecular complexity index is 1690. The maximum atomic E-state index is 14.1. The zero-order valence-electron chi connectivity index (χ0n) is 24.8. The molecule has 0 saturated carbocycles. The Morgan fingerprint density at radius 3 is 2.64 bits per heavy atom. The van der Waals surface area contributed by atoms with Crippen LogP contribution in [-0.2, 0) is 11.4 Å². The highest BCUT2D eigenvalue weighted by Gasteiger charge is 2.35. The molecule has 9 nitrogen and oxygen atoms in total. The Morgan fingerprint density at radius 1 is 1.07 bits per heavy atom. The van der Waals surface area contributed by atoms with Gasteiger partial charge in [-0.15, -0.1) is 5.10 Å². The normalized spacial score (nSPS) is 14.1. The van der Waals surface area contributed by atoms with E-state index in [2.05, 4.69) is 49.4 Å². The molecule has 0 fully saturated rings. The van der Waals surface area contributed by atoms with Crippen molar-refractivity contribution in [1.82, 2.24) is 14.8 Å².